The van der Waals surface area contributed by atoms with E-state index < -0.39 is 17.7 Å². The van der Waals surface area contributed by atoms with Crippen LogP contribution in [0.3, 0.4) is 0 Å². The predicted molar refractivity (Wildman–Crippen MR) is 75.6 cm³/mol. The number of hydrogen-bond donors (Lipinski definition) is 1. The first kappa shape index (κ1) is 13.8. The molecule has 2 aromatic heterocycles. The first-order chi connectivity index (χ1) is 10.1. The maximum Gasteiger partial charge on any atom is 0.348 e. The molecular weight excluding hydrogens is 272 g/mol. The number of likely N-dealkylation sites (N-methyl/N-ethyl adjacent to an activating group) is 1. The lowest BCUT2D eigenvalue weighted by Crippen LogP contribution is -2.51. The Morgan fingerprint density at radius 1 is 1.67 bits per heavy atom. The summed E-state index contributed by atoms with van der Waals surface area (Å²) in [6, 6.07) is 1.82. The highest BCUT2D eigenvalue weighted by Crippen LogP contribution is 2.36. The molecular formula is C14H18N4O3. The van der Waals surface area contributed by atoms with Crippen LogP contribution in [-0.2, 0) is 15.2 Å². The Kier molecular flexibility index (Phi) is 3.30. The second-order valence-electron chi connectivity index (χ2n) is 5.24. The Balaban J connectivity index is 2.10. The second-order valence-corrected chi connectivity index (χ2v) is 5.24. The largest absolute Gasteiger partial charge is 0.459 e. The molecule has 112 valence electrons. The van der Waals surface area contributed by atoms with E-state index >= 15 is 0 Å². The minimum absolute atomic E-state index is 0.140. The van der Waals surface area contributed by atoms with E-state index in [1.165, 1.54) is 6.08 Å². The van der Waals surface area contributed by atoms with Crippen molar-refractivity contribution in [2.45, 2.75) is 18.2 Å². The van der Waals surface area contributed by atoms with E-state index in [2.05, 4.69) is 11.7 Å². The topological polar surface area (TPSA) is 72.0 Å². The monoisotopic (exact) mass is 290 g/mol. The van der Waals surface area contributed by atoms with Crippen molar-refractivity contribution < 1.29 is 14.6 Å². The molecule has 21 heavy (non-hydrogen) atoms. The Labute approximate surface area is 122 Å². The highest BCUT2D eigenvalue weighted by molar-refractivity contribution is 5.80. The number of β-amino-alcohol motifs (C(OH)–C–C–N with tert-alkyl or cyclic N) is 1. The lowest BCUT2D eigenvalue weighted by molar-refractivity contribution is -0.161. The molecule has 0 aliphatic carbocycles. The van der Waals surface area contributed by atoms with Gasteiger partial charge in [0.05, 0.1) is 12.3 Å². The maximum absolute atomic E-state index is 12.7. The number of nitrogens with zero attached hydrogens (tertiary/aromatic N) is 4. The third-order valence-corrected chi connectivity index (χ3v) is 3.95. The number of imidazole rings is 1. The van der Waals surface area contributed by atoms with Crippen LogP contribution in [0.5, 0.6) is 0 Å². The summed E-state index contributed by atoms with van der Waals surface area (Å²) in [6.07, 6.45) is 6.44. The van der Waals surface area contributed by atoms with Crippen LogP contribution in [0.1, 0.15) is 6.42 Å². The molecule has 1 saturated heterocycles. The minimum atomic E-state index is -1.06. The summed E-state index contributed by atoms with van der Waals surface area (Å²) in [4.78, 5) is 14.5. The molecule has 1 fully saturated rings. The number of fused-ring (bicyclic) bond motifs is 1. The van der Waals surface area contributed by atoms with Crippen molar-refractivity contribution in [1.29, 1.82) is 0 Å². The van der Waals surface area contributed by atoms with E-state index in [1.807, 2.05) is 15.5 Å². The van der Waals surface area contributed by atoms with Gasteiger partial charge in [0, 0.05) is 31.4 Å². The standard InChI is InChI=1S/C14H18N4O3/c1-3-8-21-13(20)14(9-11(19)10-16(14)2)17-6-7-18-12(17)4-5-15-18/h3-7,11,19H,1,8-10H2,2H3. The van der Waals surface area contributed by atoms with Crippen LogP contribution < -0.4 is 0 Å². The van der Waals surface area contributed by atoms with E-state index in [9.17, 15) is 9.90 Å². The normalized spacial score (nSPS) is 26.3. The number of likely N-dealkylation sites (tertiary alicyclic amines) is 1. The number of ether oxygens (including phenoxy) is 1. The number of rotatable bonds is 4. The minimum Gasteiger partial charge on any atom is -0.459 e. The Bertz CT molecular complexity index is 677. The van der Waals surface area contributed by atoms with Crippen LogP contribution >= 0.6 is 0 Å². The SMILES string of the molecule is C=CCOC(=O)C1(n2ccn3nccc23)CC(O)CN1C. The third kappa shape index (κ3) is 1.97. The first-order valence-corrected chi connectivity index (χ1v) is 6.78. The Morgan fingerprint density at radius 3 is 3.14 bits per heavy atom. The van der Waals surface area contributed by atoms with Crippen molar-refractivity contribution in [2.75, 3.05) is 20.2 Å². The zero-order chi connectivity index (χ0) is 15.0. The van der Waals surface area contributed by atoms with E-state index in [0.29, 0.717) is 6.54 Å². The number of aliphatic hydroxyl groups excluding tert-OH is 1. The van der Waals surface area contributed by atoms with Gasteiger partial charge in [-0.1, -0.05) is 12.7 Å². The summed E-state index contributed by atoms with van der Waals surface area (Å²) < 4.78 is 8.78. The fraction of sp³-hybridized carbons (Fsp3) is 0.429. The number of hydrogen-bond acceptors (Lipinski definition) is 5. The molecule has 0 spiro atoms. The van der Waals surface area contributed by atoms with Gasteiger partial charge in [-0.2, -0.15) is 5.10 Å². The predicted octanol–water partition coefficient (Wildman–Crippen LogP) is 0.214. The molecule has 0 bridgehead atoms. The smallest absolute Gasteiger partial charge is 0.348 e. The molecule has 0 saturated carbocycles. The molecule has 7 heteroatoms. The summed E-state index contributed by atoms with van der Waals surface area (Å²) in [7, 11) is 1.80. The van der Waals surface area contributed by atoms with Crippen molar-refractivity contribution in [3.8, 4) is 0 Å². The highest BCUT2D eigenvalue weighted by Gasteiger charge is 2.52. The zero-order valence-electron chi connectivity index (χ0n) is 11.8. The van der Waals surface area contributed by atoms with E-state index in [0.717, 1.165) is 5.65 Å². The quantitative estimate of drug-likeness (QED) is 0.644. The van der Waals surface area contributed by atoms with Crippen molar-refractivity contribution in [1.82, 2.24) is 19.1 Å². The average Bonchev–Trinajstić information content (AvgIpc) is 3.10. The molecule has 7 nitrogen and oxygen atoms in total. The lowest BCUT2D eigenvalue weighted by atomic mass is 10.1. The van der Waals surface area contributed by atoms with E-state index in [4.69, 9.17) is 4.74 Å². The van der Waals surface area contributed by atoms with Crippen LogP contribution in [-0.4, -0.2) is 56.5 Å². The van der Waals surface area contributed by atoms with Gasteiger partial charge in [0.2, 0.25) is 5.66 Å². The molecule has 1 N–H and O–H groups in total. The van der Waals surface area contributed by atoms with Crippen molar-refractivity contribution in [3.05, 3.63) is 37.3 Å². The van der Waals surface area contributed by atoms with Crippen molar-refractivity contribution in [3.63, 3.8) is 0 Å². The fourth-order valence-electron chi connectivity index (χ4n) is 3.02. The average molecular weight is 290 g/mol. The molecule has 2 aromatic rings. The van der Waals surface area contributed by atoms with Crippen LogP contribution in [0.15, 0.2) is 37.3 Å². The number of aliphatic hydroxyl groups is 1. The molecule has 2 atom stereocenters. The van der Waals surface area contributed by atoms with Crippen LogP contribution in [0, 0.1) is 0 Å². The molecule has 0 amide bonds. The summed E-state index contributed by atoms with van der Waals surface area (Å²) in [5, 5.41) is 14.2. The Hall–Kier alpha value is -2.12. The number of carbonyl (C=O) groups excluding carboxylic acids is 1. The van der Waals surface area contributed by atoms with Crippen LogP contribution in [0.4, 0.5) is 0 Å². The molecule has 0 aromatic carbocycles. The van der Waals surface area contributed by atoms with Gasteiger partial charge >= 0.3 is 5.97 Å². The van der Waals surface area contributed by atoms with Gasteiger partial charge in [0.25, 0.3) is 0 Å². The number of carbonyl (C=O) groups is 1. The van der Waals surface area contributed by atoms with Gasteiger partial charge in [-0.25, -0.2) is 9.31 Å². The van der Waals surface area contributed by atoms with Crippen LogP contribution in [0.25, 0.3) is 5.65 Å². The fourth-order valence-corrected chi connectivity index (χ4v) is 3.02. The van der Waals surface area contributed by atoms with Gasteiger partial charge in [-0.15, -0.1) is 0 Å². The Morgan fingerprint density at radius 2 is 2.48 bits per heavy atom. The van der Waals surface area contributed by atoms with E-state index in [1.54, 1.807) is 30.2 Å². The third-order valence-electron chi connectivity index (χ3n) is 3.95. The van der Waals surface area contributed by atoms with Gasteiger partial charge in [0.1, 0.15) is 12.3 Å². The van der Waals surface area contributed by atoms with Gasteiger partial charge in [-0.3, -0.25) is 4.90 Å². The molecule has 1 aliphatic heterocycles. The molecule has 0 radical (unpaired) electrons. The molecule has 1 aliphatic rings. The number of esters is 1. The van der Waals surface area contributed by atoms with Gasteiger partial charge in [-0.05, 0) is 7.05 Å². The summed E-state index contributed by atoms with van der Waals surface area (Å²) in [5.74, 6) is -0.402. The molecule has 3 rings (SSSR count). The van der Waals surface area contributed by atoms with Crippen molar-refractivity contribution >= 4 is 11.6 Å². The maximum atomic E-state index is 12.7. The summed E-state index contributed by atoms with van der Waals surface area (Å²) in [6.45, 7) is 4.10. The van der Waals surface area contributed by atoms with Crippen LogP contribution in [0.2, 0.25) is 0 Å². The van der Waals surface area contributed by atoms with Crippen molar-refractivity contribution in [2.24, 2.45) is 0 Å². The molecule has 2 unspecified atom stereocenters. The lowest BCUT2D eigenvalue weighted by Gasteiger charge is -2.34. The second kappa shape index (κ2) is 5.01. The van der Waals surface area contributed by atoms with Gasteiger partial charge in [0.15, 0.2) is 0 Å². The zero-order valence-corrected chi connectivity index (χ0v) is 11.8. The van der Waals surface area contributed by atoms with Gasteiger partial charge < -0.3 is 14.4 Å². The number of aromatic nitrogens is 3. The van der Waals surface area contributed by atoms with E-state index in [-0.39, 0.29) is 13.0 Å². The summed E-state index contributed by atoms with van der Waals surface area (Å²) >= 11 is 0. The highest BCUT2D eigenvalue weighted by atomic mass is 16.5. The summed E-state index contributed by atoms with van der Waals surface area (Å²) in [5.41, 5.74) is -0.292. The first-order valence-electron chi connectivity index (χ1n) is 6.78. The molecule has 3 heterocycles.